The molecule has 1 fully saturated rings. The van der Waals surface area contributed by atoms with Crippen molar-refractivity contribution in [3.8, 4) is 0 Å². The van der Waals surface area contributed by atoms with Crippen LogP contribution < -0.4 is 0 Å². The Balaban J connectivity index is 2.04. The van der Waals surface area contributed by atoms with Gasteiger partial charge in [0.1, 0.15) is 5.37 Å². The van der Waals surface area contributed by atoms with Crippen LogP contribution >= 0.6 is 35.3 Å². The molecule has 0 bridgehead atoms. The van der Waals surface area contributed by atoms with Crippen LogP contribution in [-0.2, 0) is 4.79 Å². The summed E-state index contributed by atoms with van der Waals surface area (Å²) in [4.78, 5) is 15.5. The summed E-state index contributed by atoms with van der Waals surface area (Å²) in [7, 11) is 0. The lowest BCUT2D eigenvalue weighted by Gasteiger charge is -2.35. The third-order valence-corrected chi connectivity index (χ3v) is 6.28. The van der Waals surface area contributed by atoms with Crippen LogP contribution in [0, 0.1) is 0 Å². The van der Waals surface area contributed by atoms with E-state index < -0.39 is 0 Å². The molecule has 1 N–H and O–H groups in total. The summed E-state index contributed by atoms with van der Waals surface area (Å²) in [5, 5.41) is 8.96. The second kappa shape index (κ2) is 8.98. The number of nitrogens with zero attached hydrogens (tertiary/aromatic N) is 1. The van der Waals surface area contributed by atoms with E-state index in [2.05, 4.69) is 30.5 Å². The molecular formula is C15H21NO2S3. The van der Waals surface area contributed by atoms with Gasteiger partial charge in [-0.1, -0.05) is 12.1 Å². The fourth-order valence-corrected chi connectivity index (χ4v) is 4.57. The minimum Gasteiger partial charge on any atom is -0.396 e. The largest absolute Gasteiger partial charge is 0.396 e. The van der Waals surface area contributed by atoms with E-state index in [0.29, 0.717) is 6.42 Å². The SMILES string of the molecule is CSc1ccc(C2SCCC(=O)N2CCSCCO)cc1. The lowest BCUT2D eigenvalue weighted by molar-refractivity contribution is -0.131. The first-order valence-corrected chi connectivity index (χ1v) is 10.4. The van der Waals surface area contributed by atoms with Gasteiger partial charge in [0, 0.05) is 35.1 Å². The molecule has 0 spiro atoms. The van der Waals surface area contributed by atoms with E-state index in [-0.39, 0.29) is 17.9 Å². The lowest BCUT2D eigenvalue weighted by atomic mass is 10.2. The van der Waals surface area contributed by atoms with Crippen LogP contribution in [0.4, 0.5) is 0 Å². The van der Waals surface area contributed by atoms with Gasteiger partial charge in [-0.25, -0.2) is 0 Å². The van der Waals surface area contributed by atoms with Crippen molar-refractivity contribution >= 4 is 41.2 Å². The summed E-state index contributed by atoms with van der Waals surface area (Å²) < 4.78 is 0. The Bertz CT molecular complexity index is 453. The van der Waals surface area contributed by atoms with Crippen LogP contribution in [0.2, 0.25) is 0 Å². The van der Waals surface area contributed by atoms with E-state index in [1.54, 1.807) is 23.5 Å². The molecule has 0 saturated carbocycles. The predicted octanol–water partition coefficient (Wildman–Crippen LogP) is 3.10. The first-order valence-electron chi connectivity index (χ1n) is 7.00. The van der Waals surface area contributed by atoms with Gasteiger partial charge < -0.3 is 10.0 Å². The van der Waals surface area contributed by atoms with Crippen molar-refractivity contribution in [2.75, 3.05) is 36.7 Å². The van der Waals surface area contributed by atoms with Gasteiger partial charge in [-0.3, -0.25) is 4.79 Å². The molecule has 2 rings (SSSR count). The molecule has 1 unspecified atom stereocenters. The second-order valence-corrected chi connectivity index (χ2v) is 7.96. The molecule has 1 aliphatic rings. The van der Waals surface area contributed by atoms with E-state index in [1.165, 1.54) is 10.5 Å². The summed E-state index contributed by atoms with van der Waals surface area (Å²) in [5.41, 5.74) is 1.21. The van der Waals surface area contributed by atoms with Crippen molar-refractivity contribution < 1.29 is 9.90 Å². The van der Waals surface area contributed by atoms with E-state index >= 15 is 0 Å². The molecule has 21 heavy (non-hydrogen) atoms. The molecule has 1 aromatic carbocycles. The number of thioether (sulfide) groups is 3. The summed E-state index contributed by atoms with van der Waals surface area (Å²) in [6.45, 7) is 0.957. The third kappa shape index (κ3) is 4.84. The van der Waals surface area contributed by atoms with Gasteiger partial charge in [-0.05, 0) is 24.0 Å². The minimum absolute atomic E-state index is 0.136. The standard InChI is InChI=1S/C15H21NO2S3/c1-19-13-4-2-12(3-5-13)15-16(7-10-20-11-8-17)14(18)6-9-21-15/h2-5,15,17H,6-11H2,1H3. The van der Waals surface area contributed by atoms with Crippen LogP contribution in [0.5, 0.6) is 0 Å². The van der Waals surface area contributed by atoms with E-state index in [1.807, 2.05) is 16.7 Å². The average Bonchev–Trinajstić information content (AvgIpc) is 2.53. The molecule has 3 nitrogen and oxygen atoms in total. The topological polar surface area (TPSA) is 40.5 Å². The van der Waals surface area contributed by atoms with Crippen LogP contribution in [0.15, 0.2) is 29.2 Å². The van der Waals surface area contributed by atoms with Crippen molar-refractivity contribution in [2.24, 2.45) is 0 Å². The molecule has 0 radical (unpaired) electrons. The Labute approximate surface area is 139 Å². The number of hydrogen-bond acceptors (Lipinski definition) is 5. The van der Waals surface area contributed by atoms with Crippen LogP contribution in [-0.4, -0.2) is 52.6 Å². The van der Waals surface area contributed by atoms with Gasteiger partial charge >= 0.3 is 0 Å². The van der Waals surface area contributed by atoms with Gasteiger partial charge in [0.2, 0.25) is 5.91 Å². The molecule has 1 saturated heterocycles. The normalized spacial score (nSPS) is 19.0. The Morgan fingerprint density at radius 2 is 2.10 bits per heavy atom. The quantitative estimate of drug-likeness (QED) is 0.608. The monoisotopic (exact) mass is 343 g/mol. The highest BCUT2D eigenvalue weighted by Crippen LogP contribution is 2.37. The molecule has 6 heteroatoms. The maximum absolute atomic E-state index is 12.2. The third-order valence-electron chi connectivity index (χ3n) is 3.31. The van der Waals surface area contributed by atoms with Crippen LogP contribution in [0.25, 0.3) is 0 Å². The number of hydrogen-bond donors (Lipinski definition) is 1. The Morgan fingerprint density at radius 1 is 1.33 bits per heavy atom. The van der Waals surface area contributed by atoms with Crippen LogP contribution in [0.1, 0.15) is 17.4 Å². The molecule has 1 amide bonds. The fraction of sp³-hybridized carbons (Fsp3) is 0.533. The van der Waals surface area contributed by atoms with Crippen LogP contribution in [0.3, 0.4) is 0 Å². The zero-order valence-corrected chi connectivity index (χ0v) is 14.6. The van der Waals surface area contributed by atoms with Crippen molar-refractivity contribution in [1.82, 2.24) is 4.90 Å². The zero-order chi connectivity index (χ0) is 15.1. The highest BCUT2D eigenvalue weighted by atomic mass is 32.2. The molecule has 1 aliphatic heterocycles. The average molecular weight is 344 g/mol. The molecule has 1 heterocycles. The Kier molecular flexibility index (Phi) is 7.29. The number of rotatable bonds is 7. The molecule has 0 aliphatic carbocycles. The van der Waals surface area contributed by atoms with Gasteiger partial charge in [-0.15, -0.1) is 23.5 Å². The lowest BCUT2D eigenvalue weighted by Crippen LogP contribution is -2.38. The summed E-state index contributed by atoms with van der Waals surface area (Å²) in [6.07, 6.45) is 2.70. The highest BCUT2D eigenvalue weighted by Gasteiger charge is 2.29. The van der Waals surface area contributed by atoms with Crippen molar-refractivity contribution in [3.63, 3.8) is 0 Å². The number of amides is 1. The zero-order valence-electron chi connectivity index (χ0n) is 12.2. The fourth-order valence-electron chi connectivity index (χ4n) is 2.24. The predicted molar refractivity (Wildman–Crippen MR) is 94.2 cm³/mol. The number of carbonyl (C=O) groups is 1. The molecule has 1 atom stereocenters. The molecular weight excluding hydrogens is 322 g/mol. The second-order valence-electron chi connectivity index (χ2n) is 4.67. The summed E-state index contributed by atoms with van der Waals surface area (Å²) in [6, 6.07) is 8.52. The van der Waals surface area contributed by atoms with Crippen molar-refractivity contribution in [1.29, 1.82) is 0 Å². The molecule has 116 valence electrons. The number of aliphatic hydroxyl groups is 1. The van der Waals surface area contributed by atoms with Gasteiger partial charge in [0.05, 0.1) is 6.61 Å². The Morgan fingerprint density at radius 3 is 2.76 bits per heavy atom. The first-order chi connectivity index (χ1) is 10.3. The highest BCUT2D eigenvalue weighted by molar-refractivity contribution is 7.99. The smallest absolute Gasteiger partial charge is 0.224 e. The van der Waals surface area contributed by atoms with Gasteiger partial charge in [-0.2, -0.15) is 11.8 Å². The maximum Gasteiger partial charge on any atom is 0.224 e. The first kappa shape index (κ1) is 17.1. The Hall–Kier alpha value is -0.300. The minimum atomic E-state index is 0.136. The van der Waals surface area contributed by atoms with E-state index in [0.717, 1.165) is 23.8 Å². The number of carbonyl (C=O) groups excluding carboxylic acids is 1. The van der Waals surface area contributed by atoms with E-state index in [4.69, 9.17) is 5.11 Å². The van der Waals surface area contributed by atoms with Crippen molar-refractivity contribution in [3.05, 3.63) is 29.8 Å². The maximum atomic E-state index is 12.2. The number of aliphatic hydroxyl groups excluding tert-OH is 1. The van der Waals surface area contributed by atoms with Crippen molar-refractivity contribution in [2.45, 2.75) is 16.7 Å². The molecule has 1 aromatic rings. The summed E-state index contributed by atoms with van der Waals surface area (Å²) >= 11 is 5.27. The van der Waals surface area contributed by atoms with E-state index in [9.17, 15) is 4.79 Å². The van der Waals surface area contributed by atoms with Gasteiger partial charge in [0.25, 0.3) is 0 Å². The number of benzene rings is 1. The summed E-state index contributed by atoms with van der Waals surface area (Å²) in [5.74, 6) is 2.76. The molecule has 0 aromatic heterocycles. The van der Waals surface area contributed by atoms with Gasteiger partial charge in [0.15, 0.2) is 0 Å².